The summed E-state index contributed by atoms with van der Waals surface area (Å²) in [4.78, 5) is 11.0. The molecule has 2 N–H and O–H groups in total. The van der Waals surface area contributed by atoms with Crippen molar-refractivity contribution >= 4 is 15.8 Å². The van der Waals surface area contributed by atoms with Gasteiger partial charge in [0.1, 0.15) is 11.9 Å². The van der Waals surface area contributed by atoms with Gasteiger partial charge in [0.25, 0.3) is 0 Å². The van der Waals surface area contributed by atoms with E-state index in [0.29, 0.717) is 0 Å². The van der Waals surface area contributed by atoms with Gasteiger partial charge >= 0.3 is 5.97 Å². The van der Waals surface area contributed by atoms with Crippen LogP contribution in [0.3, 0.4) is 0 Å². The minimum Gasteiger partial charge on any atom is -0.480 e. The van der Waals surface area contributed by atoms with Crippen LogP contribution in [0.15, 0.2) is 29.2 Å². The van der Waals surface area contributed by atoms with Crippen molar-refractivity contribution in [2.24, 2.45) is 5.92 Å². The molecule has 5 nitrogen and oxygen atoms in total. The number of carbonyl (C=O) groups is 1. The van der Waals surface area contributed by atoms with E-state index in [1.165, 1.54) is 12.1 Å². The maximum Gasteiger partial charge on any atom is 0.321 e. The molecule has 1 aromatic rings. The number of rotatable bonds is 3. The number of hydrogen-bond donors (Lipinski definition) is 2. The summed E-state index contributed by atoms with van der Waals surface area (Å²) in [5.41, 5.74) is 0. The zero-order valence-electron chi connectivity index (χ0n) is 10.2. The summed E-state index contributed by atoms with van der Waals surface area (Å²) < 4.78 is 37.5. The fourth-order valence-corrected chi connectivity index (χ4v) is 4.24. The van der Waals surface area contributed by atoms with Gasteiger partial charge in [-0.2, -0.15) is 0 Å². The van der Waals surface area contributed by atoms with Crippen LogP contribution in [-0.2, 0) is 14.6 Å². The number of nitrogens with one attached hydrogen (secondary N) is 1. The van der Waals surface area contributed by atoms with Crippen LogP contribution in [0.4, 0.5) is 4.39 Å². The summed E-state index contributed by atoms with van der Waals surface area (Å²) in [6.07, 6.45) is 0. The van der Waals surface area contributed by atoms with Gasteiger partial charge in [0.15, 0.2) is 9.84 Å². The Morgan fingerprint density at radius 2 is 1.95 bits per heavy atom. The van der Waals surface area contributed by atoms with Crippen LogP contribution in [0.2, 0.25) is 0 Å². The molecule has 0 bridgehead atoms. The second-order valence-electron chi connectivity index (χ2n) is 4.62. The molecule has 0 radical (unpaired) electrons. The Balaban J connectivity index is 2.31. The molecule has 1 aliphatic rings. The molecule has 0 saturated carbocycles. The fraction of sp³-hybridized carbons (Fsp3) is 0.417. The number of sulfone groups is 1. The molecule has 7 heteroatoms. The topological polar surface area (TPSA) is 83.5 Å². The molecular formula is C12H14FNO4S. The molecule has 0 aliphatic carbocycles. The van der Waals surface area contributed by atoms with E-state index < -0.39 is 38.8 Å². The molecule has 104 valence electrons. The first-order valence-corrected chi connectivity index (χ1v) is 7.34. The van der Waals surface area contributed by atoms with Gasteiger partial charge in [-0.1, -0.05) is 6.92 Å². The van der Waals surface area contributed by atoms with Gasteiger partial charge in [0.05, 0.1) is 10.1 Å². The standard InChI is InChI=1S/C12H14FNO4S/c1-7-10(6-14-11(7)12(15)16)19(17,18)9-4-2-8(13)3-5-9/h2-5,7,10-11,14H,6H2,1H3,(H,15,16)/t7?,10?,11-/m0/s1. The van der Waals surface area contributed by atoms with E-state index in [0.717, 1.165) is 12.1 Å². The first kappa shape index (κ1) is 14.0. The molecule has 0 amide bonds. The second-order valence-corrected chi connectivity index (χ2v) is 6.79. The van der Waals surface area contributed by atoms with E-state index in [1.807, 2.05) is 0 Å². The van der Waals surface area contributed by atoms with Gasteiger partial charge < -0.3 is 10.4 Å². The van der Waals surface area contributed by atoms with Crippen LogP contribution >= 0.6 is 0 Å². The van der Waals surface area contributed by atoms with E-state index in [1.54, 1.807) is 6.92 Å². The summed E-state index contributed by atoms with van der Waals surface area (Å²) in [6, 6.07) is 3.68. The first-order valence-electron chi connectivity index (χ1n) is 5.79. The number of benzene rings is 1. The Morgan fingerprint density at radius 1 is 1.37 bits per heavy atom. The Morgan fingerprint density at radius 3 is 2.42 bits per heavy atom. The number of hydrogen-bond acceptors (Lipinski definition) is 4. The molecule has 1 fully saturated rings. The van der Waals surface area contributed by atoms with Gasteiger partial charge in [-0.05, 0) is 24.3 Å². The molecule has 19 heavy (non-hydrogen) atoms. The average Bonchev–Trinajstić information content (AvgIpc) is 2.72. The Hall–Kier alpha value is -1.47. The van der Waals surface area contributed by atoms with Crippen molar-refractivity contribution in [2.45, 2.75) is 23.1 Å². The highest BCUT2D eigenvalue weighted by atomic mass is 32.2. The van der Waals surface area contributed by atoms with E-state index in [4.69, 9.17) is 5.11 Å². The first-order chi connectivity index (χ1) is 8.84. The van der Waals surface area contributed by atoms with Crippen molar-refractivity contribution in [2.75, 3.05) is 6.54 Å². The summed E-state index contributed by atoms with van der Waals surface area (Å²) >= 11 is 0. The zero-order chi connectivity index (χ0) is 14.2. The molecule has 2 unspecified atom stereocenters. The lowest BCUT2D eigenvalue weighted by Crippen LogP contribution is -2.35. The molecule has 1 heterocycles. The van der Waals surface area contributed by atoms with E-state index in [2.05, 4.69) is 5.32 Å². The molecule has 0 aromatic heterocycles. The minimum atomic E-state index is -3.66. The molecule has 1 aliphatic heterocycles. The largest absolute Gasteiger partial charge is 0.480 e. The van der Waals surface area contributed by atoms with Crippen LogP contribution in [0.1, 0.15) is 6.92 Å². The maximum absolute atomic E-state index is 12.8. The van der Waals surface area contributed by atoms with Crippen LogP contribution in [-0.4, -0.2) is 37.3 Å². The number of carboxylic acids is 1. The molecule has 1 aromatic carbocycles. The summed E-state index contributed by atoms with van der Waals surface area (Å²) in [5.74, 6) is -2.13. The fourth-order valence-electron chi connectivity index (χ4n) is 2.33. The summed E-state index contributed by atoms with van der Waals surface area (Å²) in [6.45, 7) is 1.67. The monoisotopic (exact) mass is 287 g/mol. The Bertz CT molecular complexity index is 584. The molecule has 2 rings (SSSR count). The lowest BCUT2D eigenvalue weighted by Gasteiger charge is -2.17. The zero-order valence-corrected chi connectivity index (χ0v) is 11.0. The number of carboxylic acid groups (broad SMARTS) is 1. The van der Waals surface area contributed by atoms with Crippen molar-refractivity contribution < 1.29 is 22.7 Å². The Labute approximate surface area is 110 Å². The third kappa shape index (κ3) is 2.48. The van der Waals surface area contributed by atoms with Crippen molar-refractivity contribution in [3.05, 3.63) is 30.1 Å². The molecule has 0 spiro atoms. The van der Waals surface area contributed by atoms with Crippen LogP contribution in [0.25, 0.3) is 0 Å². The van der Waals surface area contributed by atoms with Crippen LogP contribution in [0, 0.1) is 11.7 Å². The smallest absolute Gasteiger partial charge is 0.321 e. The predicted molar refractivity (Wildman–Crippen MR) is 66.0 cm³/mol. The highest BCUT2D eigenvalue weighted by Crippen LogP contribution is 2.27. The van der Waals surface area contributed by atoms with E-state index in [9.17, 15) is 17.6 Å². The third-order valence-corrected chi connectivity index (χ3v) is 5.78. The van der Waals surface area contributed by atoms with E-state index in [-0.39, 0.29) is 11.4 Å². The molecule has 3 atom stereocenters. The number of aliphatic carboxylic acids is 1. The second kappa shape index (κ2) is 4.90. The lowest BCUT2D eigenvalue weighted by molar-refractivity contribution is -0.139. The molecule has 1 saturated heterocycles. The Kier molecular flexibility index (Phi) is 3.60. The van der Waals surface area contributed by atoms with Crippen molar-refractivity contribution in [1.82, 2.24) is 5.32 Å². The normalized spacial score (nSPS) is 27.4. The number of halogens is 1. The van der Waals surface area contributed by atoms with Crippen LogP contribution in [0.5, 0.6) is 0 Å². The van der Waals surface area contributed by atoms with Gasteiger partial charge in [-0.3, -0.25) is 4.79 Å². The van der Waals surface area contributed by atoms with Gasteiger partial charge in [0.2, 0.25) is 0 Å². The van der Waals surface area contributed by atoms with Gasteiger partial charge in [-0.15, -0.1) is 0 Å². The SMILES string of the molecule is CC1C(S(=O)(=O)c2ccc(F)cc2)CN[C@@H]1C(=O)O. The molecular weight excluding hydrogens is 273 g/mol. The lowest BCUT2D eigenvalue weighted by atomic mass is 10.0. The van der Waals surface area contributed by atoms with Crippen molar-refractivity contribution in [3.8, 4) is 0 Å². The third-order valence-electron chi connectivity index (χ3n) is 3.46. The van der Waals surface area contributed by atoms with Gasteiger partial charge in [0, 0.05) is 12.5 Å². The van der Waals surface area contributed by atoms with Gasteiger partial charge in [-0.25, -0.2) is 12.8 Å². The van der Waals surface area contributed by atoms with Crippen molar-refractivity contribution in [1.29, 1.82) is 0 Å². The highest BCUT2D eigenvalue weighted by Gasteiger charge is 2.44. The summed E-state index contributed by atoms with van der Waals surface area (Å²) in [7, 11) is -3.66. The minimum absolute atomic E-state index is 0.0126. The van der Waals surface area contributed by atoms with E-state index >= 15 is 0 Å². The van der Waals surface area contributed by atoms with Crippen LogP contribution < -0.4 is 5.32 Å². The average molecular weight is 287 g/mol. The highest BCUT2D eigenvalue weighted by molar-refractivity contribution is 7.92. The quantitative estimate of drug-likeness (QED) is 0.798. The predicted octanol–water partition coefficient (Wildman–Crippen LogP) is 0.660. The summed E-state index contributed by atoms with van der Waals surface area (Å²) in [5, 5.41) is 10.8. The maximum atomic E-state index is 12.8. The van der Waals surface area contributed by atoms with Crippen molar-refractivity contribution in [3.63, 3.8) is 0 Å².